The van der Waals surface area contributed by atoms with Crippen LogP contribution in [0.25, 0.3) is 0 Å². The number of aliphatic hydroxyl groups excluding tert-OH is 23. The summed E-state index contributed by atoms with van der Waals surface area (Å²) >= 11 is 0. The largest absolute Gasteiger partial charge is 0.460 e. The monoisotopic (exact) mass is 1620 g/mol. The van der Waals surface area contributed by atoms with Crippen molar-refractivity contribution in [2.75, 3.05) is 33.0 Å². The second-order valence-electron chi connectivity index (χ2n) is 31.6. The molecule has 11 fully saturated rings. The zero-order chi connectivity index (χ0) is 80.8. The summed E-state index contributed by atoms with van der Waals surface area (Å²) in [5, 5.41) is 247. The van der Waals surface area contributed by atoms with Gasteiger partial charge in [-0.1, -0.05) is 18.2 Å². The molecule has 11 aliphatic rings. The van der Waals surface area contributed by atoms with Crippen LogP contribution >= 0.6 is 0 Å². The van der Waals surface area contributed by atoms with Gasteiger partial charge in [-0.15, -0.1) is 0 Å². The van der Waals surface area contributed by atoms with E-state index in [0.717, 1.165) is 18.2 Å². The fraction of sp³-hybridized carbons (Fsp3) is 0.875. The lowest BCUT2D eigenvalue weighted by Gasteiger charge is -2.49. The highest BCUT2D eigenvalue weighted by Crippen LogP contribution is 2.45. The second-order valence-corrected chi connectivity index (χ2v) is 31.6. The Bertz CT molecular complexity index is 3060. The van der Waals surface area contributed by atoms with Crippen LogP contribution in [0.15, 0.2) is 36.5 Å². The van der Waals surface area contributed by atoms with E-state index < -0.39 is 302 Å². The third kappa shape index (κ3) is 21.5. The molecule has 112 heavy (non-hydrogen) atoms. The molecule has 43 atom stereocenters. The molecule has 6 saturated heterocycles. The van der Waals surface area contributed by atoms with E-state index in [0.29, 0.717) is 19.3 Å². The fourth-order valence-electron chi connectivity index (χ4n) is 17.0. The molecule has 24 N–H and O–H groups in total. The zero-order valence-electron chi connectivity index (χ0n) is 61.2. The van der Waals surface area contributed by atoms with Crippen molar-refractivity contribution < 1.29 is 198 Å². The van der Waals surface area contributed by atoms with Crippen molar-refractivity contribution >= 4 is 17.9 Å². The van der Waals surface area contributed by atoms with Gasteiger partial charge in [-0.05, 0) is 101 Å². The first-order valence-electron chi connectivity index (χ1n) is 38.6. The van der Waals surface area contributed by atoms with Crippen molar-refractivity contribution in [2.45, 2.75) is 329 Å². The summed E-state index contributed by atoms with van der Waals surface area (Å²) in [4.78, 5) is 38.8. The molecular weight excluding hydrogens is 1500 g/mol. The first kappa shape index (κ1) is 89.1. The number of carbonyl (C=O) groups excluding carboxylic acids is 3. The highest BCUT2D eigenvalue weighted by atomic mass is 16.8. The Morgan fingerprint density at radius 2 is 0.661 bits per heavy atom. The number of esters is 3. The van der Waals surface area contributed by atoms with Gasteiger partial charge in [-0.2, -0.15) is 0 Å². The van der Waals surface area contributed by atoms with Crippen molar-refractivity contribution in [1.29, 1.82) is 0 Å². The van der Waals surface area contributed by atoms with E-state index in [1.807, 2.05) is 0 Å². The molecule has 5 aliphatic carbocycles. The van der Waals surface area contributed by atoms with Crippen molar-refractivity contribution in [2.24, 2.45) is 29.6 Å². The van der Waals surface area contributed by atoms with Crippen molar-refractivity contribution in [3.05, 3.63) is 36.5 Å². The Morgan fingerprint density at radius 3 is 1.05 bits per heavy atom. The van der Waals surface area contributed by atoms with Crippen LogP contribution in [0.2, 0.25) is 0 Å². The Hall–Kier alpha value is -3.73. The molecule has 40 heteroatoms. The summed E-state index contributed by atoms with van der Waals surface area (Å²) < 4.78 is 80.3. The molecule has 0 aromatic heterocycles. The molecule has 0 spiro atoms. The van der Waals surface area contributed by atoms with Gasteiger partial charge in [0, 0.05) is 37.0 Å². The Morgan fingerprint density at radius 1 is 0.312 bits per heavy atom. The average molecular weight is 1620 g/mol. The number of rotatable bonds is 25. The number of hydrogen-bond acceptors (Lipinski definition) is 39. The number of carbonyl (C=O) groups is 3. The maximum atomic E-state index is 13.2. The number of ether oxygens (including phenoxy) is 14. The van der Waals surface area contributed by atoms with E-state index >= 15 is 0 Å². The van der Waals surface area contributed by atoms with Gasteiger partial charge >= 0.3 is 17.9 Å². The summed E-state index contributed by atoms with van der Waals surface area (Å²) in [6, 6.07) is 0. The number of fused-ring (bicyclic) bond motifs is 1. The number of hydrogen-bond donors (Lipinski definition) is 23. The van der Waals surface area contributed by atoms with Crippen LogP contribution in [-0.4, -0.2) is 406 Å². The van der Waals surface area contributed by atoms with Crippen LogP contribution < -0.4 is 0 Å². The molecule has 40 nitrogen and oxygen atoms in total. The van der Waals surface area contributed by atoms with Crippen LogP contribution in [0.5, 0.6) is 0 Å². The molecule has 6 heterocycles. The highest BCUT2D eigenvalue weighted by Gasteiger charge is 2.58. The summed E-state index contributed by atoms with van der Waals surface area (Å²) in [6.45, 7) is -3.38. The van der Waals surface area contributed by atoms with Gasteiger partial charge in [0.25, 0.3) is 0 Å². The second kappa shape index (κ2) is 39.9. The van der Waals surface area contributed by atoms with Gasteiger partial charge in [-0.25, -0.2) is 14.4 Å². The lowest BCUT2D eigenvalue weighted by Crippen LogP contribution is -2.64. The molecule has 6 aliphatic heterocycles. The van der Waals surface area contributed by atoms with Gasteiger partial charge in [0.2, 0.25) is 0 Å². The topological polar surface area (TPSA) is 649 Å². The van der Waals surface area contributed by atoms with Gasteiger partial charge in [0.1, 0.15) is 148 Å². The van der Waals surface area contributed by atoms with Crippen LogP contribution in [0.1, 0.15) is 96.3 Å². The van der Waals surface area contributed by atoms with Crippen LogP contribution in [0.4, 0.5) is 0 Å². The molecule has 0 aromatic carbocycles. The Kier molecular flexibility index (Phi) is 31.7. The summed E-state index contributed by atoms with van der Waals surface area (Å²) in [5.74, 6) is -5.05. The predicted molar refractivity (Wildman–Crippen MR) is 365 cm³/mol. The van der Waals surface area contributed by atoms with E-state index in [2.05, 4.69) is 0 Å². The lowest BCUT2D eigenvalue weighted by atomic mass is 9.72. The first-order chi connectivity index (χ1) is 53.3. The van der Waals surface area contributed by atoms with E-state index in [4.69, 9.17) is 66.3 Å². The maximum absolute atomic E-state index is 13.2. The molecule has 640 valence electrons. The molecule has 5 saturated carbocycles. The van der Waals surface area contributed by atoms with E-state index in [1.54, 1.807) is 0 Å². The molecule has 43 unspecified atom stereocenters. The molecular formula is C72H113O40+. The smallest absolute Gasteiger partial charge is 0.330 e. The normalized spacial score (nSPS) is 49.3. The Labute approximate surface area is 642 Å². The van der Waals surface area contributed by atoms with Crippen LogP contribution in [0.3, 0.4) is 0 Å². The third-order valence-corrected chi connectivity index (χ3v) is 23.9. The predicted octanol–water partition coefficient (Wildman–Crippen LogP) is -10.3. The van der Waals surface area contributed by atoms with Crippen LogP contribution in [0, 0.1) is 29.6 Å². The minimum Gasteiger partial charge on any atom is -0.460 e. The summed E-state index contributed by atoms with van der Waals surface area (Å²) in [7, 11) is 0. The third-order valence-electron chi connectivity index (χ3n) is 23.9. The SMILES string of the molecule is O=C(C=CC1CCC(O)C(O)C1)OCC1OC(OC2CC(O)C3CC(OC4OC(CO)C(O)C(O)C4O)C(C4CCC(O)C(OC5OC(COC(=O)C=CC6CCC(OC7OC(COC(=O)C=CC8CCC(OC9OC(CO)C(O)C(O)C9O)C(O)C8)C(O)C(O)C7O)C(O)C6)C(O)C(O)C5O)C4)[OH+]C3C2)C(O)C(O)C1O. The highest BCUT2D eigenvalue weighted by molar-refractivity contribution is 5.82. The standard InChI is InChI=1S/C72H112O40/c73-22-44-52(84)57(89)63(95)69(108-44)104-39-10-2-28(16-37(39)79)5-13-50(82)100-25-47-55(87)60(92)65(97)70(111-47)105-40-11-3-29(17-38(40)80)6-14-51(83)101-26-48-56(88)61(93)66(98)71(112-48)106-42-18-30(7-9-34(42)76)67-43(107-72-64(96)58(90)53(85)45(23-74)109-72)21-32-35(77)19-31(20-41(32)103-67)102-68-62(94)59(91)54(86)46(110-68)24-99-49(81)12-4-27-1-8-33(75)36(78)15-27/h4-6,12-14,27-48,52-80,84-98H,1-3,7-11,15-26H2/p+1. The van der Waals surface area contributed by atoms with Crippen molar-refractivity contribution in [3.63, 3.8) is 0 Å². The lowest BCUT2D eigenvalue weighted by molar-refractivity contribution is -0.364. The van der Waals surface area contributed by atoms with Gasteiger partial charge in [0.05, 0.1) is 80.2 Å². The van der Waals surface area contributed by atoms with E-state index in [9.17, 15) is 132 Å². The van der Waals surface area contributed by atoms with Gasteiger partial charge < -0.3 is 184 Å². The molecule has 0 radical (unpaired) electrons. The molecule has 0 amide bonds. The first-order valence-corrected chi connectivity index (χ1v) is 38.6. The van der Waals surface area contributed by atoms with E-state index in [1.165, 1.54) is 18.2 Å². The summed E-state index contributed by atoms with van der Waals surface area (Å²) in [6.07, 6.45) is -45.6. The van der Waals surface area contributed by atoms with E-state index in [-0.39, 0.29) is 88.9 Å². The summed E-state index contributed by atoms with van der Waals surface area (Å²) in [5.41, 5.74) is 0. The zero-order valence-corrected chi connectivity index (χ0v) is 61.2. The van der Waals surface area contributed by atoms with Crippen molar-refractivity contribution in [1.82, 2.24) is 0 Å². The van der Waals surface area contributed by atoms with Gasteiger partial charge in [0.15, 0.2) is 43.7 Å². The molecule has 0 aromatic rings. The minimum absolute atomic E-state index is 0.00305. The van der Waals surface area contributed by atoms with Crippen molar-refractivity contribution in [3.8, 4) is 0 Å². The molecule has 11 rings (SSSR count). The maximum Gasteiger partial charge on any atom is 0.330 e. The number of allylic oxidation sites excluding steroid dienone is 3. The quantitative estimate of drug-likeness (QED) is 0.0175. The fourth-order valence-corrected chi connectivity index (χ4v) is 17.0. The minimum atomic E-state index is -1.96. The van der Waals surface area contributed by atoms with Gasteiger partial charge in [-0.3, -0.25) is 0 Å². The molecule has 0 bridgehead atoms. The Balaban J connectivity index is 0.650. The average Bonchev–Trinajstić information content (AvgIpc) is 0.764. The van der Waals surface area contributed by atoms with Crippen LogP contribution in [-0.2, 0) is 76.0 Å². The number of aliphatic hydroxyl groups is 25.